The monoisotopic (exact) mass is 464 g/mol. The van der Waals surface area contributed by atoms with E-state index >= 15 is 0 Å². The number of nitrogens with one attached hydrogen (secondary N) is 1. The molecule has 4 rings (SSSR count). The number of alkyl carbamates (subject to hydrolysis) is 1. The number of ether oxygens (including phenoxy) is 1. The van der Waals surface area contributed by atoms with E-state index in [-0.39, 0.29) is 18.4 Å². The van der Waals surface area contributed by atoms with Crippen molar-refractivity contribution < 1.29 is 24.2 Å². The number of hydrogen-bond donors (Lipinski definition) is 2. The van der Waals surface area contributed by atoms with Crippen LogP contribution in [-0.4, -0.2) is 53.2 Å². The smallest absolute Gasteiger partial charge is 0.407 e. The average molecular weight is 465 g/mol. The highest BCUT2D eigenvalue weighted by atomic mass is 16.5. The molecule has 0 radical (unpaired) electrons. The van der Waals surface area contributed by atoms with Gasteiger partial charge in [-0.2, -0.15) is 0 Å². The van der Waals surface area contributed by atoms with Crippen molar-refractivity contribution in [2.24, 2.45) is 5.92 Å². The second-order valence-corrected chi connectivity index (χ2v) is 9.12. The Morgan fingerprint density at radius 3 is 2.24 bits per heavy atom. The predicted octanol–water partition coefficient (Wildman–Crippen LogP) is 4.41. The Labute approximate surface area is 200 Å². The van der Waals surface area contributed by atoms with Gasteiger partial charge in [-0.1, -0.05) is 68.8 Å². The van der Waals surface area contributed by atoms with Crippen molar-refractivity contribution in [2.45, 2.75) is 57.5 Å². The molecule has 0 bridgehead atoms. The lowest BCUT2D eigenvalue weighted by Crippen LogP contribution is -2.56. The number of nitrogens with zero attached hydrogens (tertiary/aromatic N) is 1. The van der Waals surface area contributed by atoms with Crippen LogP contribution in [0.1, 0.15) is 56.6 Å². The Kier molecular flexibility index (Phi) is 7.20. The molecule has 2 N–H and O–H groups in total. The van der Waals surface area contributed by atoms with E-state index in [1.807, 2.05) is 43.3 Å². The largest absolute Gasteiger partial charge is 0.480 e. The van der Waals surface area contributed by atoms with Gasteiger partial charge in [-0.25, -0.2) is 9.59 Å². The highest BCUT2D eigenvalue weighted by Crippen LogP contribution is 2.44. The molecule has 1 saturated heterocycles. The van der Waals surface area contributed by atoms with Crippen LogP contribution < -0.4 is 5.32 Å². The number of fused-ring (bicyclic) bond motifs is 3. The first kappa shape index (κ1) is 23.8. The van der Waals surface area contributed by atoms with Crippen LogP contribution in [0.3, 0.4) is 0 Å². The molecule has 1 fully saturated rings. The molecule has 2 aromatic rings. The summed E-state index contributed by atoms with van der Waals surface area (Å²) < 4.78 is 5.58. The lowest BCUT2D eigenvalue weighted by Gasteiger charge is -2.38. The summed E-state index contributed by atoms with van der Waals surface area (Å²) in [6, 6.07) is 14.5. The SMILES string of the molecule is CCC1CCN(C(=O)C(CC)NC(=O)OCC2c3ccccc3-c3ccccc32)C(C(=O)O)C1. The number of carboxylic acids is 1. The van der Waals surface area contributed by atoms with Crippen LogP contribution in [0.25, 0.3) is 11.1 Å². The second kappa shape index (κ2) is 10.3. The number of amides is 2. The normalized spacial score (nSPS) is 20.2. The number of rotatable bonds is 7. The molecule has 1 heterocycles. The van der Waals surface area contributed by atoms with Crippen molar-refractivity contribution in [2.75, 3.05) is 13.2 Å². The summed E-state index contributed by atoms with van der Waals surface area (Å²) in [5.74, 6) is -1.14. The van der Waals surface area contributed by atoms with Crippen LogP contribution in [0.15, 0.2) is 48.5 Å². The summed E-state index contributed by atoms with van der Waals surface area (Å²) in [7, 11) is 0. The van der Waals surface area contributed by atoms with E-state index < -0.39 is 24.1 Å². The zero-order valence-electron chi connectivity index (χ0n) is 19.7. The van der Waals surface area contributed by atoms with Crippen molar-refractivity contribution in [3.05, 3.63) is 59.7 Å². The van der Waals surface area contributed by atoms with Gasteiger partial charge in [0.1, 0.15) is 18.7 Å². The fourth-order valence-electron chi connectivity index (χ4n) is 5.23. The van der Waals surface area contributed by atoms with Gasteiger partial charge in [0.05, 0.1) is 0 Å². The van der Waals surface area contributed by atoms with E-state index in [0.29, 0.717) is 25.3 Å². The van der Waals surface area contributed by atoms with E-state index in [1.54, 1.807) is 6.92 Å². The maximum Gasteiger partial charge on any atom is 0.407 e. The molecule has 180 valence electrons. The third-order valence-corrected chi connectivity index (χ3v) is 7.20. The fraction of sp³-hybridized carbons (Fsp3) is 0.444. The number of likely N-dealkylation sites (tertiary alicyclic amines) is 1. The minimum Gasteiger partial charge on any atom is -0.480 e. The van der Waals surface area contributed by atoms with Crippen LogP contribution in [0.5, 0.6) is 0 Å². The maximum atomic E-state index is 13.2. The molecule has 3 atom stereocenters. The molecule has 2 amide bonds. The van der Waals surface area contributed by atoms with Gasteiger partial charge in [-0.05, 0) is 47.4 Å². The summed E-state index contributed by atoms with van der Waals surface area (Å²) in [6.45, 7) is 4.37. The molecule has 7 nitrogen and oxygen atoms in total. The molecule has 1 aliphatic heterocycles. The lowest BCUT2D eigenvalue weighted by molar-refractivity contribution is -0.154. The Morgan fingerprint density at radius 2 is 1.68 bits per heavy atom. The van der Waals surface area contributed by atoms with Gasteiger partial charge in [0.15, 0.2) is 0 Å². The molecule has 2 aliphatic rings. The van der Waals surface area contributed by atoms with E-state index in [4.69, 9.17) is 4.74 Å². The summed E-state index contributed by atoms with van der Waals surface area (Å²) >= 11 is 0. The van der Waals surface area contributed by atoms with E-state index in [1.165, 1.54) is 4.90 Å². The van der Waals surface area contributed by atoms with Gasteiger partial charge in [0.2, 0.25) is 5.91 Å². The Bertz CT molecular complexity index is 1020. The molecule has 0 spiro atoms. The van der Waals surface area contributed by atoms with Gasteiger partial charge in [-0.15, -0.1) is 0 Å². The number of carboxylic acid groups (broad SMARTS) is 1. The summed E-state index contributed by atoms with van der Waals surface area (Å²) in [4.78, 5) is 39.0. The number of benzene rings is 2. The first-order valence-electron chi connectivity index (χ1n) is 12.1. The van der Waals surface area contributed by atoms with Crippen molar-refractivity contribution in [1.82, 2.24) is 10.2 Å². The van der Waals surface area contributed by atoms with Gasteiger partial charge in [-0.3, -0.25) is 4.79 Å². The first-order chi connectivity index (χ1) is 16.4. The molecule has 2 aromatic carbocycles. The van der Waals surface area contributed by atoms with Gasteiger partial charge < -0.3 is 20.1 Å². The standard InChI is InChI=1S/C27H32N2O5/c1-3-17-13-14-29(24(15-17)26(31)32)25(30)23(4-2)28-27(33)34-16-22-20-11-7-5-9-18(20)19-10-6-8-12-21(19)22/h5-12,17,22-24H,3-4,13-16H2,1-2H3,(H,28,33)(H,31,32). The van der Waals surface area contributed by atoms with E-state index in [2.05, 4.69) is 17.4 Å². The number of carbonyl (C=O) groups is 3. The van der Waals surface area contributed by atoms with Crippen LogP contribution >= 0.6 is 0 Å². The molecule has 0 aromatic heterocycles. The van der Waals surface area contributed by atoms with Gasteiger partial charge in [0, 0.05) is 12.5 Å². The van der Waals surface area contributed by atoms with Crippen molar-refractivity contribution in [1.29, 1.82) is 0 Å². The minimum absolute atomic E-state index is 0.0709. The molecule has 1 aliphatic carbocycles. The molecule has 7 heteroatoms. The second-order valence-electron chi connectivity index (χ2n) is 9.12. The number of aliphatic carboxylic acids is 1. The highest BCUT2D eigenvalue weighted by molar-refractivity contribution is 5.89. The Morgan fingerprint density at radius 1 is 1.06 bits per heavy atom. The van der Waals surface area contributed by atoms with Crippen molar-refractivity contribution >= 4 is 18.0 Å². The fourth-order valence-corrected chi connectivity index (χ4v) is 5.23. The number of piperidine rings is 1. The minimum atomic E-state index is -0.998. The third-order valence-electron chi connectivity index (χ3n) is 7.20. The maximum absolute atomic E-state index is 13.2. The van der Waals surface area contributed by atoms with E-state index in [0.717, 1.165) is 35.1 Å². The van der Waals surface area contributed by atoms with E-state index in [9.17, 15) is 19.5 Å². The van der Waals surface area contributed by atoms with Crippen molar-refractivity contribution in [3.8, 4) is 11.1 Å². The van der Waals surface area contributed by atoms with Crippen LogP contribution in [0.2, 0.25) is 0 Å². The summed E-state index contributed by atoms with van der Waals surface area (Å²) in [6.07, 6.45) is 1.79. The first-order valence-corrected chi connectivity index (χ1v) is 12.1. The zero-order chi connectivity index (χ0) is 24.2. The molecule has 3 unspecified atom stereocenters. The highest BCUT2D eigenvalue weighted by Gasteiger charge is 2.38. The van der Waals surface area contributed by atoms with Crippen molar-refractivity contribution in [3.63, 3.8) is 0 Å². The number of carbonyl (C=O) groups excluding carboxylic acids is 2. The van der Waals surface area contributed by atoms with Crippen LogP contribution in [-0.2, 0) is 14.3 Å². The van der Waals surface area contributed by atoms with Crippen LogP contribution in [0, 0.1) is 5.92 Å². The zero-order valence-corrected chi connectivity index (χ0v) is 19.7. The van der Waals surface area contributed by atoms with Crippen LogP contribution in [0.4, 0.5) is 4.79 Å². The molecule has 34 heavy (non-hydrogen) atoms. The predicted molar refractivity (Wildman–Crippen MR) is 128 cm³/mol. The van der Waals surface area contributed by atoms with Gasteiger partial charge in [0.25, 0.3) is 0 Å². The van der Waals surface area contributed by atoms with Gasteiger partial charge >= 0.3 is 12.1 Å². The molecular weight excluding hydrogens is 432 g/mol. The lowest BCUT2D eigenvalue weighted by atomic mass is 9.88. The Hall–Kier alpha value is -3.35. The quantitative estimate of drug-likeness (QED) is 0.633. The summed E-state index contributed by atoms with van der Waals surface area (Å²) in [5.41, 5.74) is 4.51. The third kappa shape index (κ3) is 4.65. The topological polar surface area (TPSA) is 95.9 Å². The summed E-state index contributed by atoms with van der Waals surface area (Å²) in [5, 5.41) is 12.3. The molecular formula is C27H32N2O5. The Balaban J connectivity index is 1.40. The number of hydrogen-bond acceptors (Lipinski definition) is 4. The molecule has 0 saturated carbocycles. The average Bonchev–Trinajstić information content (AvgIpc) is 3.18.